The van der Waals surface area contributed by atoms with Gasteiger partial charge in [0.2, 0.25) is 0 Å². The molecule has 4 rings (SSSR count). The number of aromatic nitrogens is 2. The monoisotopic (exact) mass is 388 g/mol. The van der Waals surface area contributed by atoms with Crippen molar-refractivity contribution in [3.05, 3.63) is 42.1 Å². The summed E-state index contributed by atoms with van der Waals surface area (Å²) < 4.78 is 13.2. The van der Waals surface area contributed by atoms with Crippen molar-refractivity contribution >= 4 is 5.91 Å². The molecule has 28 heavy (non-hydrogen) atoms. The normalized spacial score (nSPS) is 27.8. The van der Waals surface area contributed by atoms with Crippen LogP contribution in [0.25, 0.3) is 0 Å². The fraction of sp³-hybridized carbons (Fsp3) is 0.600. The SMILES string of the molecule is Cn1nccc1C(=O)N[C@H]1COC2(CCN(Cc3ccco3)CC2)C[C@]1(C)O. The van der Waals surface area contributed by atoms with E-state index in [9.17, 15) is 9.90 Å². The van der Waals surface area contributed by atoms with Crippen molar-refractivity contribution in [1.29, 1.82) is 0 Å². The van der Waals surface area contributed by atoms with Crippen molar-refractivity contribution in [3.63, 3.8) is 0 Å². The van der Waals surface area contributed by atoms with Gasteiger partial charge < -0.3 is 19.6 Å². The molecule has 152 valence electrons. The van der Waals surface area contributed by atoms with Gasteiger partial charge in [0, 0.05) is 32.8 Å². The maximum atomic E-state index is 12.5. The standard InChI is InChI=1S/C20H28N4O4/c1-19(26)14-20(6-9-24(10-7-20)12-15-4-3-11-27-15)28-13-17(19)22-18(25)16-5-8-21-23(16)2/h3-5,8,11,17,26H,6-7,9-10,12-14H2,1-2H3,(H,22,25)/t17-,19-/m0/s1. The Balaban J connectivity index is 1.35. The van der Waals surface area contributed by atoms with Crippen molar-refractivity contribution in [2.75, 3.05) is 19.7 Å². The Morgan fingerprint density at radius 2 is 2.18 bits per heavy atom. The highest BCUT2D eigenvalue weighted by Crippen LogP contribution is 2.39. The first-order chi connectivity index (χ1) is 13.4. The van der Waals surface area contributed by atoms with E-state index < -0.39 is 11.6 Å². The van der Waals surface area contributed by atoms with E-state index in [1.807, 2.05) is 12.1 Å². The number of nitrogens with one attached hydrogen (secondary N) is 1. The van der Waals surface area contributed by atoms with Crippen molar-refractivity contribution in [1.82, 2.24) is 20.0 Å². The lowest BCUT2D eigenvalue weighted by Crippen LogP contribution is -2.64. The number of aliphatic hydroxyl groups is 1. The Morgan fingerprint density at radius 1 is 1.39 bits per heavy atom. The van der Waals surface area contributed by atoms with Crippen molar-refractivity contribution in [2.24, 2.45) is 7.05 Å². The summed E-state index contributed by atoms with van der Waals surface area (Å²) in [5.74, 6) is 0.712. The molecule has 0 bridgehead atoms. The predicted octanol–water partition coefficient (Wildman–Crippen LogP) is 1.32. The molecule has 2 fully saturated rings. The van der Waals surface area contributed by atoms with Gasteiger partial charge in [-0.1, -0.05) is 0 Å². The molecule has 2 saturated heterocycles. The smallest absolute Gasteiger partial charge is 0.269 e. The minimum absolute atomic E-state index is 0.252. The van der Waals surface area contributed by atoms with Gasteiger partial charge in [-0.15, -0.1) is 0 Å². The number of hydrogen-bond donors (Lipinski definition) is 2. The maximum Gasteiger partial charge on any atom is 0.269 e. The number of aryl methyl sites for hydroxylation is 1. The molecular weight excluding hydrogens is 360 g/mol. The molecule has 1 spiro atoms. The summed E-state index contributed by atoms with van der Waals surface area (Å²) in [5, 5.41) is 18.0. The third-order valence-electron chi connectivity index (χ3n) is 6.07. The van der Waals surface area contributed by atoms with Crippen LogP contribution in [0, 0.1) is 0 Å². The van der Waals surface area contributed by atoms with Crippen molar-refractivity contribution in [2.45, 2.75) is 50.0 Å². The molecule has 0 aliphatic carbocycles. The van der Waals surface area contributed by atoms with Gasteiger partial charge in [-0.25, -0.2) is 0 Å². The molecule has 8 heteroatoms. The van der Waals surface area contributed by atoms with Crippen LogP contribution in [0.15, 0.2) is 35.1 Å². The molecule has 2 atom stereocenters. The third kappa shape index (κ3) is 3.85. The van der Waals surface area contributed by atoms with Gasteiger partial charge in [0.25, 0.3) is 5.91 Å². The minimum Gasteiger partial charge on any atom is -0.468 e. The second kappa shape index (κ2) is 7.35. The van der Waals surface area contributed by atoms with E-state index >= 15 is 0 Å². The summed E-state index contributed by atoms with van der Waals surface area (Å²) >= 11 is 0. The molecule has 8 nitrogen and oxygen atoms in total. The molecule has 2 aromatic heterocycles. The first-order valence-electron chi connectivity index (χ1n) is 9.77. The van der Waals surface area contributed by atoms with Gasteiger partial charge in [-0.2, -0.15) is 5.10 Å². The van der Waals surface area contributed by atoms with E-state index in [0.717, 1.165) is 38.2 Å². The summed E-state index contributed by atoms with van der Waals surface area (Å²) in [6.45, 7) is 4.67. The van der Waals surface area contributed by atoms with Crippen molar-refractivity contribution < 1.29 is 19.1 Å². The van der Waals surface area contributed by atoms with Gasteiger partial charge in [0.15, 0.2) is 0 Å². The van der Waals surface area contributed by atoms with E-state index in [4.69, 9.17) is 9.15 Å². The van der Waals surface area contributed by atoms with E-state index in [0.29, 0.717) is 18.7 Å². The number of rotatable bonds is 4. The van der Waals surface area contributed by atoms with Crippen LogP contribution < -0.4 is 5.32 Å². The summed E-state index contributed by atoms with van der Waals surface area (Å²) in [4.78, 5) is 14.8. The number of hydrogen-bond acceptors (Lipinski definition) is 6. The number of carbonyl (C=O) groups excluding carboxylic acids is 1. The fourth-order valence-corrected chi connectivity index (χ4v) is 4.35. The molecule has 2 N–H and O–H groups in total. The Hall–Kier alpha value is -2.16. The van der Waals surface area contributed by atoms with Crippen LogP contribution in [-0.2, 0) is 18.3 Å². The molecule has 0 saturated carbocycles. The zero-order chi connectivity index (χ0) is 19.8. The average Bonchev–Trinajstić information content (AvgIpc) is 3.31. The lowest BCUT2D eigenvalue weighted by molar-refractivity contribution is -0.186. The van der Waals surface area contributed by atoms with E-state index in [-0.39, 0.29) is 11.5 Å². The van der Waals surface area contributed by atoms with Crippen LogP contribution in [0.4, 0.5) is 0 Å². The fourth-order valence-electron chi connectivity index (χ4n) is 4.35. The van der Waals surface area contributed by atoms with E-state index in [1.165, 1.54) is 4.68 Å². The highest BCUT2D eigenvalue weighted by atomic mass is 16.5. The van der Waals surface area contributed by atoms with Gasteiger partial charge in [0.1, 0.15) is 11.5 Å². The second-order valence-corrected chi connectivity index (χ2v) is 8.25. The zero-order valence-electron chi connectivity index (χ0n) is 16.4. The molecule has 2 aliphatic rings. The van der Waals surface area contributed by atoms with Crippen LogP contribution >= 0.6 is 0 Å². The summed E-state index contributed by atoms with van der Waals surface area (Å²) in [6, 6.07) is 5.09. The lowest BCUT2D eigenvalue weighted by atomic mass is 9.75. The predicted molar refractivity (Wildman–Crippen MR) is 102 cm³/mol. The highest BCUT2D eigenvalue weighted by molar-refractivity contribution is 5.92. The number of piperidine rings is 1. The average molecular weight is 388 g/mol. The molecule has 2 aromatic rings. The second-order valence-electron chi connectivity index (χ2n) is 8.25. The summed E-state index contributed by atoms with van der Waals surface area (Å²) in [6.07, 6.45) is 5.49. The largest absolute Gasteiger partial charge is 0.468 e. The number of amides is 1. The maximum absolute atomic E-state index is 12.5. The molecule has 0 unspecified atom stereocenters. The van der Waals surface area contributed by atoms with Crippen LogP contribution in [-0.4, -0.2) is 62.6 Å². The lowest BCUT2D eigenvalue weighted by Gasteiger charge is -2.51. The number of nitrogens with zero attached hydrogens (tertiary/aromatic N) is 3. The number of likely N-dealkylation sites (tertiary alicyclic amines) is 1. The number of ether oxygens (including phenoxy) is 1. The third-order valence-corrected chi connectivity index (χ3v) is 6.07. The van der Waals surface area contributed by atoms with Crippen LogP contribution in [0.1, 0.15) is 42.4 Å². The molecule has 4 heterocycles. The van der Waals surface area contributed by atoms with Crippen LogP contribution in [0.2, 0.25) is 0 Å². The topological polar surface area (TPSA) is 92.8 Å². The van der Waals surface area contributed by atoms with Gasteiger partial charge in [-0.05, 0) is 38.0 Å². The van der Waals surface area contributed by atoms with Crippen LogP contribution in [0.5, 0.6) is 0 Å². The van der Waals surface area contributed by atoms with Gasteiger partial charge in [-0.3, -0.25) is 14.4 Å². The molecule has 0 radical (unpaired) electrons. The molecule has 2 aliphatic heterocycles. The first-order valence-corrected chi connectivity index (χ1v) is 9.77. The summed E-state index contributed by atoms with van der Waals surface area (Å²) in [7, 11) is 1.72. The van der Waals surface area contributed by atoms with E-state index in [2.05, 4.69) is 15.3 Å². The Kier molecular flexibility index (Phi) is 5.03. The zero-order valence-corrected chi connectivity index (χ0v) is 16.4. The molecular formula is C20H28N4O4. The highest BCUT2D eigenvalue weighted by Gasteiger charge is 2.49. The quantitative estimate of drug-likeness (QED) is 0.821. The summed E-state index contributed by atoms with van der Waals surface area (Å²) in [5.41, 5.74) is -0.908. The van der Waals surface area contributed by atoms with E-state index in [1.54, 1.807) is 32.5 Å². The number of carbonyl (C=O) groups is 1. The van der Waals surface area contributed by atoms with Crippen molar-refractivity contribution in [3.8, 4) is 0 Å². The first kappa shape index (κ1) is 19.2. The number of furan rings is 1. The van der Waals surface area contributed by atoms with Crippen LogP contribution in [0.3, 0.4) is 0 Å². The minimum atomic E-state index is -1.03. The molecule has 0 aromatic carbocycles. The Morgan fingerprint density at radius 3 is 2.79 bits per heavy atom. The Labute approximate surface area is 164 Å². The van der Waals surface area contributed by atoms with Gasteiger partial charge >= 0.3 is 0 Å². The Bertz CT molecular complexity index is 806. The van der Waals surface area contributed by atoms with Gasteiger partial charge in [0.05, 0.1) is 36.7 Å². The molecule has 1 amide bonds.